The van der Waals surface area contributed by atoms with Gasteiger partial charge in [-0.2, -0.15) is 0 Å². The molecule has 1 N–H and O–H groups in total. The second-order valence-corrected chi connectivity index (χ2v) is 4.16. The summed E-state index contributed by atoms with van der Waals surface area (Å²) in [5, 5.41) is 9.01. The molecule has 0 aliphatic rings. The minimum Gasteiger partial charge on any atom is -0.308 e. The number of hydrogen-bond donors (Lipinski definition) is 1. The molecule has 0 fully saturated rings. The van der Waals surface area contributed by atoms with Crippen LogP contribution < -0.4 is 5.32 Å². The normalized spacial score (nSPS) is 12.7. The van der Waals surface area contributed by atoms with Crippen LogP contribution in [0.5, 0.6) is 0 Å². The maximum atomic E-state index is 13.2. The summed E-state index contributed by atoms with van der Waals surface area (Å²) < 4.78 is 17.1. The van der Waals surface area contributed by atoms with E-state index in [1.54, 1.807) is 6.07 Å². The molecule has 1 heterocycles. The van der Waals surface area contributed by atoms with Crippen LogP contribution in [0, 0.1) is 12.7 Å². The third-order valence-electron chi connectivity index (χ3n) is 2.51. The van der Waals surface area contributed by atoms with Crippen LogP contribution in [0.2, 0.25) is 0 Å². The Bertz CT molecular complexity index is 470. The Morgan fingerprint density at radius 3 is 2.88 bits per heavy atom. The van der Waals surface area contributed by atoms with Crippen LogP contribution in [0.4, 0.5) is 4.39 Å². The SMILES string of the molecule is CNC(c1csnn1)c1cc(F)ccc1C. The Kier molecular flexibility index (Phi) is 3.26. The minimum absolute atomic E-state index is 0.102. The lowest BCUT2D eigenvalue weighted by Crippen LogP contribution is -2.19. The van der Waals surface area contributed by atoms with Crippen molar-refractivity contribution in [3.05, 3.63) is 46.2 Å². The minimum atomic E-state index is -0.232. The van der Waals surface area contributed by atoms with Gasteiger partial charge in [0.05, 0.1) is 11.7 Å². The average Bonchev–Trinajstić information content (AvgIpc) is 2.78. The second kappa shape index (κ2) is 4.67. The Labute approximate surface area is 97.5 Å². The molecule has 0 aliphatic carbocycles. The molecule has 1 atom stereocenters. The van der Waals surface area contributed by atoms with Crippen molar-refractivity contribution >= 4 is 11.5 Å². The summed E-state index contributed by atoms with van der Waals surface area (Å²) in [5.74, 6) is -0.232. The van der Waals surface area contributed by atoms with E-state index in [9.17, 15) is 4.39 Å². The van der Waals surface area contributed by atoms with E-state index in [4.69, 9.17) is 0 Å². The Balaban J connectivity index is 2.44. The Morgan fingerprint density at radius 2 is 2.25 bits per heavy atom. The first kappa shape index (κ1) is 11.2. The lowest BCUT2D eigenvalue weighted by Gasteiger charge is -2.16. The summed E-state index contributed by atoms with van der Waals surface area (Å²) in [6.45, 7) is 1.96. The molecule has 5 heteroatoms. The van der Waals surface area contributed by atoms with Crippen molar-refractivity contribution < 1.29 is 4.39 Å². The van der Waals surface area contributed by atoms with E-state index in [0.717, 1.165) is 16.8 Å². The fourth-order valence-corrected chi connectivity index (χ4v) is 2.16. The highest BCUT2D eigenvalue weighted by Gasteiger charge is 2.17. The van der Waals surface area contributed by atoms with Crippen molar-refractivity contribution in [3.8, 4) is 0 Å². The number of nitrogens with one attached hydrogen (secondary N) is 1. The summed E-state index contributed by atoms with van der Waals surface area (Å²) in [6.07, 6.45) is 0. The molecule has 1 aromatic carbocycles. The number of hydrogen-bond acceptors (Lipinski definition) is 4. The number of rotatable bonds is 3. The topological polar surface area (TPSA) is 37.8 Å². The second-order valence-electron chi connectivity index (χ2n) is 3.55. The van der Waals surface area contributed by atoms with Crippen molar-refractivity contribution in [1.29, 1.82) is 0 Å². The van der Waals surface area contributed by atoms with Crippen LogP contribution in [0.3, 0.4) is 0 Å². The number of benzene rings is 1. The van der Waals surface area contributed by atoms with Crippen molar-refractivity contribution in [2.24, 2.45) is 0 Å². The van der Waals surface area contributed by atoms with Crippen LogP contribution in [0.25, 0.3) is 0 Å². The Morgan fingerprint density at radius 1 is 1.44 bits per heavy atom. The molecule has 3 nitrogen and oxygen atoms in total. The molecule has 0 aliphatic heterocycles. The fraction of sp³-hybridized carbons (Fsp3) is 0.273. The van der Waals surface area contributed by atoms with E-state index < -0.39 is 0 Å². The molecule has 0 radical (unpaired) electrons. The van der Waals surface area contributed by atoms with Gasteiger partial charge in [0.1, 0.15) is 5.82 Å². The first-order valence-electron chi connectivity index (χ1n) is 4.92. The highest BCUT2D eigenvalue weighted by atomic mass is 32.1. The highest BCUT2D eigenvalue weighted by Crippen LogP contribution is 2.24. The van der Waals surface area contributed by atoms with E-state index in [1.165, 1.54) is 23.7 Å². The molecule has 2 aromatic rings. The first-order valence-corrected chi connectivity index (χ1v) is 5.76. The maximum absolute atomic E-state index is 13.2. The third kappa shape index (κ3) is 2.10. The van der Waals surface area contributed by atoms with Gasteiger partial charge in [0.25, 0.3) is 0 Å². The van der Waals surface area contributed by atoms with Crippen LogP contribution in [-0.4, -0.2) is 16.6 Å². The van der Waals surface area contributed by atoms with Crippen LogP contribution >= 0.6 is 11.5 Å². The van der Waals surface area contributed by atoms with Crippen LogP contribution in [0.15, 0.2) is 23.6 Å². The molecule has 0 saturated heterocycles. The van der Waals surface area contributed by atoms with Crippen LogP contribution in [0.1, 0.15) is 22.9 Å². The first-order chi connectivity index (χ1) is 7.72. The quantitative estimate of drug-likeness (QED) is 0.890. The zero-order valence-corrected chi connectivity index (χ0v) is 9.88. The van der Waals surface area contributed by atoms with E-state index in [1.807, 2.05) is 19.4 Å². The number of halogens is 1. The van der Waals surface area contributed by atoms with Crippen molar-refractivity contribution in [2.45, 2.75) is 13.0 Å². The predicted octanol–water partition coefficient (Wildman–Crippen LogP) is 2.29. The maximum Gasteiger partial charge on any atom is 0.123 e. The third-order valence-corrected chi connectivity index (χ3v) is 3.04. The van der Waals surface area contributed by atoms with Crippen molar-refractivity contribution in [3.63, 3.8) is 0 Å². The molecular formula is C11H12FN3S. The van der Waals surface area contributed by atoms with Gasteiger partial charge < -0.3 is 5.32 Å². The average molecular weight is 237 g/mol. The molecule has 0 spiro atoms. The van der Waals surface area contributed by atoms with E-state index in [2.05, 4.69) is 14.9 Å². The highest BCUT2D eigenvalue weighted by molar-refractivity contribution is 7.03. The standard InChI is InChI=1S/C11H12FN3S/c1-7-3-4-8(12)5-9(7)11(13-2)10-6-16-15-14-10/h3-6,11,13H,1-2H3. The molecular weight excluding hydrogens is 225 g/mol. The van der Waals surface area contributed by atoms with Crippen molar-refractivity contribution in [2.75, 3.05) is 7.05 Å². The van der Waals surface area contributed by atoms with Gasteiger partial charge in [-0.15, -0.1) is 5.10 Å². The summed E-state index contributed by atoms with van der Waals surface area (Å²) in [6, 6.07) is 4.67. The molecule has 16 heavy (non-hydrogen) atoms. The number of aromatic nitrogens is 2. The predicted molar refractivity (Wildman–Crippen MR) is 61.9 cm³/mol. The summed E-state index contributed by atoms with van der Waals surface area (Å²) >= 11 is 1.29. The number of aryl methyl sites for hydroxylation is 1. The van der Waals surface area contributed by atoms with Gasteiger partial charge >= 0.3 is 0 Å². The molecule has 0 amide bonds. The summed E-state index contributed by atoms with van der Waals surface area (Å²) in [7, 11) is 1.83. The summed E-state index contributed by atoms with van der Waals surface area (Å²) in [5.41, 5.74) is 2.75. The number of nitrogens with zero attached hydrogens (tertiary/aromatic N) is 2. The fourth-order valence-electron chi connectivity index (χ4n) is 1.68. The monoisotopic (exact) mass is 237 g/mol. The molecule has 1 unspecified atom stereocenters. The van der Waals surface area contributed by atoms with Crippen LogP contribution in [-0.2, 0) is 0 Å². The van der Waals surface area contributed by atoms with E-state index in [0.29, 0.717) is 0 Å². The van der Waals surface area contributed by atoms with Gasteiger partial charge in [-0.25, -0.2) is 4.39 Å². The molecule has 0 saturated carbocycles. The van der Waals surface area contributed by atoms with Gasteiger partial charge in [-0.05, 0) is 48.8 Å². The largest absolute Gasteiger partial charge is 0.308 e. The lowest BCUT2D eigenvalue weighted by atomic mass is 9.99. The van der Waals surface area contributed by atoms with Gasteiger partial charge in [0, 0.05) is 5.38 Å². The summed E-state index contributed by atoms with van der Waals surface area (Å²) in [4.78, 5) is 0. The van der Waals surface area contributed by atoms with Gasteiger partial charge in [0.15, 0.2) is 0 Å². The van der Waals surface area contributed by atoms with E-state index in [-0.39, 0.29) is 11.9 Å². The van der Waals surface area contributed by atoms with E-state index >= 15 is 0 Å². The molecule has 1 aromatic heterocycles. The molecule has 0 bridgehead atoms. The smallest absolute Gasteiger partial charge is 0.123 e. The van der Waals surface area contributed by atoms with Gasteiger partial charge in [-0.3, -0.25) is 0 Å². The van der Waals surface area contributed by atoms with Gasteiger partial charge in [-0.1, -0.05) is 10.6 Å². The van der Waals surface area contributed by atoms with Crippen molar-refractivity contribution in [1.82, 2.24) is 14.9 Å². The Hall–Kier alpha value is -1.33. The molecule has 2 rings (SSSR count). The lowest BCUT2D eigenvalue weighted by molar-refractivity contribution is 0.611. The zero-order chi connectivity index (χ0) is 11.5. The van der Waals surface area contributed by atoms with Gasteiger partial charge in [0.2, 0.25) is 0 Å². The zero-order valence-electron chi connectivity index (χ0n) is 9.07. The molecule has 84 valence electrons.